The van der Waals surface area contributed by atoms with Crippen LogP contribution < -0.4 is 28.5 Å². The fourth-order valence-corrected chi connectivity index (χ4v) is 0.761. The van der Waals surface area contributed by atoms with Gasteiger partial charge in [0.25, 0.3) is 11.1 Å². The average molecular weight is 196 g/mol. The Morgan fingerprint density at radius 1 is 1.43 bits per heavy atom. The molecular weight excluding hydrogens is 188 g/mol. The van der Waals surface area contributed by atoms with Gasteiger partial charge in [-0.3, -0.25) is 9.59 Å². The minimum Gasteiger partial charge on any atom is -0.379 e. The van der Waals surface area contributed by atoms with E-state index in [1.807, 2.05) is 0 Å². The van der Waals surface area contributed by atoms with Crippen molar-refractivity contribution in [2.45, 2.75) is 0 Å². The van der Waals surface area contributed by atoms with Gasteiger partial charge < -0.3 is 17.4 Å². The SMILES string of the molecule is NN=C(N)c1nc(=O)ccc(=O)n1N. The molecule has 0 radical (unpaired) electrons. The third-order valence-electron chi connectivity index (χ3n) is 1.42. The van der Waals surface area contributed by atoms with Gasteiger partial charge >= 0.3 is 0 Å². The number of nitrogens with two attached hydrogens (primary N) is 3. The predicted octanol–water partition coefficient (Wildman–Crippen LogP) is -3.10. The molecular formula is C6H8N6O2. The Bertz CT molecular complexity index is 490. The largest absolute Gasteiger partial charge is 0.379 e. The highest BCUT2D eigenvalue weighted by atomic mass is 16.1. The Morgan fingerprint density at radius 3 is 2.64 bits per heavy atom. The van der Waals surface area contributed by atoms with Crippen molar-refractivity contribution in [2.75, 3.05) is 5.84 Å². The molecule has 0 saturated carbocycles. The Labute approximate surface area is 77.6 Å². The molecule has 1 rings (SSSR count). The van der Waals surface area contributed by atoms with Gasteiger partial charge in [-0.2, -0.15) is 10.1 Å². The molecule has 0 unspecified atom stereocenters. The quantitative estimate of drug-likeness (QED) is 0.188. The number of hydrogen-bond acceptors (Lipinski definition) is 6. The van der Waals surface area contributed by atoms with Gasteiger partial charge in [0.15, 0.2) is 5.84 Å². The summed E-state index contributed by atoms with van der Waals surface area (Å²) in [6.45, 7) is 0. The van der Waals surface area contributed by atoms with Crippen LogP contribution in [0.1, 0.15) is 5.82 Å². The first-order chi connectivity index (χ1) is 6.56. The van der Waals surface area contributed by atoms with Crippen molar-refractivity contribution in [2.24, 2.45) is 16.7 Å². The molecule has 0 aliphatic rings. The predicted molar refractivity (Wildman–Crippen MR) is 49.8 cm³/mol. The summed E-state index contributed by atoms with van der Waals surface area (Å²) in [4.78, 5) is 25.5. The second kappa shape index (κ2) is 3.56. The monoisotopic (exact) mass is 196 g/mol. The molecule has 0 aliphatic carbocycles. The summed E-state index contributed by atoms with van der Waals surface area (Å²) < 4.78 is 0.590. The van der Waals surface area contributed by atoms with E-state index >= 15 is 0 Å². The molecule has 0 atom stereocenters. The summed E-state index contributed by atoms with van der Waals surface area (Å²) in [5.41, 5.74) is 3.98. The molecule has 0 aromatic carbocycles. The molecule has 1 heterocycles. The van der Waals surface area contributed by atoms with E-state index in [-0.39, 0.29) is 11.7 Å². The van der Waals surface area contributed by atoms with E-state index in [4.69, 9.17) is 17.4 Å². The van der Waals surface area contributed by atoms with Crippen molar-refractivity contribution in [3.63, 3.8) is 0 Å². The Kier molecular flexibility index (Phi) is 2.47. The lowest BCUT2D eigenvalue weighted by Gasteiger charge is -1.99. The zero-order valence-electron chi connectivity index (χ0n) is 7.04. The average Bonchev–Trinajstić information content (AvgIpc) is 2.30. The lowest BCUT2D eigenvalue weighted by Crippen LogP contribution is -2.34. The molecule has 0 fully saturated rings. The number of hydrazone groups is 1. The van der Waals surface area contributed by atoms with E-state index in [2.05, 4.69) is 10.1 Å². The maximum Gasteiger partial charge on any atom is 0.272 e. The number of rotatable bonds is 1. The first kappa shape index (κ1) is 9.71. The van der Waals surface area contributed by atoms with Gasteiger partial charge in [0.1, 0.15) is 0 Å². The van der Waals surface area contributed by atoms with Crippen molar-refractivity contribution in [1.82, 2.24) is 9.66 Å². The summed E-state index contributed by atoms with van der Waals surface area (Å²) in [6, 6.07) is 1.95. The molecule has 6 N–H and O–H groups in total. The molecule has 0 aliphatic heterocycles. The summed E-state index contributed by atoms with van der Waals surface area (Å²) in [6.07, 6.45) is 0. The van der Waals surface area contributed by atoms with Gasteiger partial charge in [0.05, 0.1) is 0 Å². The summed E-state index contributed by atoms with van der Waals surface area (Å²) in [5, 5.41) is 3.08. The molecule has 1 aromatic heterocycles. The number of nitrogens with zero attached hydrogens (tertiary/aromatic N) is 3. The third-order valence-corrected chi connectivity index (χ3v) is 1.42. The second-order valence-corrected chi connectivity index (χ2v) is 2.33. The van der Waals surface area contributed by atoms with E-state index in [0.29, 0.717) is 4.68 Å². The van der Waals surface area contributed by atoms with E-state index < -0.39 is 11.1 Å². The molecule has 8 heteroatoms. The van der Waals surface area contributed by atoms with Crippen LogP contribution in [0.3, 0.4) is 0 Å². The van der Waals surface area contributed by atoms with Crippen LogP contribution in [0, 0.1) is 0 Å². The molecule has 0 bridgehead atoms. The van der Waals surface area contributed by atoms with E-state index in [1.54, 1.807) is 0 Å². The van der Waals surface area contributed by atoms with Crippen LogP contribution in [-0.2, 0) is 0 Å². The van der Waals surface area contributed by atoms with Gasteiger partial charge in [-0.1, -0.05) is 0 Å². The summed E-state index contributed by atoms with van der Waals surface area (Å²) >= 11 is 0. The van der Waals surface area contributed by atoms with E-state index in [9.17, 15) is 9.59 Å². The highest BCUT2D eigenvalue weighted by Gasteiger charge is 2.05. The van der Waals surface area contributed by atoms with Gasteiger partial charge in [0.2, 0.25) is 5.82 Å². The second-order valence-electron chi connectivity index (χ2n) is 2.33. The lowest BCUT2D eigenvalue weighted by atomic mass is 10.5. The molecule has 74 valence electrons. The van der Waals surface area contributed by atoms with Crippen LogP contribution in [0.4, 0.5) is 0 Å². The lowest BCUT2D eigenvalue weighted by molar-refractivity contribution is 0.888. The first-order valence-corrected chi connectivity index (χ1v) is 3.49. The standard InChI is InChI=1S/C6H8N6O2/c7-5(11-8)6-10-3(13)1-2-4(14)12(6)9/h1-2H,8-9H2,(H2,7,11). The van der Waals surface area contributed by atoms with Gasteiger partial charge in [0, 0.05) is 12.1 Å². The first-order valence-electron chi connectivity index (χ1n) is 3.49. The molecule has 0 saturated heterocycles. The number of hydrogen-bond donors (Lipinski definition) is 3. The van der Waals surface area contributed by atoms with Crippen molar-refractivity contribution >= 4 is 5.84 Å². The molecule has 14 heavy (non-hydrogen) atoms. The van der Waals surface area contributed by atoms with Gasteiger partial charge in [-0.15, -0.1) is 0 Å². The third kappa shape index (κ3) is 1.68. The van der Waals surface area contributed by atoms with Crippen LogP contribution in [-0.4, -0.2) is 15.5 Å². The van der Waals surface area contributed by atoms with E-state index in [0.717, 1.165) is 12.1 Å². The normalized spacial score (nSPS) is 11.3. The molecule has 0 amide bonds. The van der Waals surface area contributed by atoms with Crippen LogP contribution >= 0.6 is 0 Å². The Hall–Kier alpha value is -2.38. The fraction of sp³-hybridized carbons (Fsp3) is 0. The van der Waals surface area contributed by atoms with Gasteiger partial charge in [-0.05, 0) is 0 Å². The van der Waals surface area contributed by atoms with Crippen molar-refractivity contribution in [3.05, 3.63) is 38.7 Å². The number of amidine groups is 1. The molecule has 1 aromatic rings. The van der Waals surface area contributed by atoms with Crippen LogP contribution in [0.25, 0.3) is 0 Å². The highest BCUT2D eigenvalue weighted by Crippen LogP contribution is 1.80. The molecule has 0 spiro atoms. The van der Waals surface area contributed by atoms with Gasteiger partial charge in [-0.25, -0.2) is 4.68 Å². The number of aromatic nitrogens is 2. The Balaban J connectivity index is 3.69. The fourth-order valence-electron chi connectivity index (χ4n) is 0.761. The van der Waals surface area contributed by atoms with Crippen molar-refractivity contribution in [1.29, 1.82) is 0 Å². The minimum absolute atomic E-state index is 0.271. The summed E-state index contributed by atoms with van der Waals surface area (Å²) in [7, 11) is 0. The van der Waals surface area contributed by atoms with Crippen molar-refractivity contribution < 1.29 is 0 Å². The number of nitrogen functional groups attached to an aromatic ring is 1. The van der Waals surface area contributed by atoms with Crippen LogP contribution in [0.2, 0.25) is 0 Å². The zero-order valence-corrected chi connectivity index (χ0v) is 7.04. The minimum atomic E-state index is -0.659. The topological polar surface area (TPSA) is 142 Å². The van der Waals surface area contributed by atoms with Crippen LogP contribution in [0.15, 0.2) is 26.8 Å². The maximum absolute atomic E-state index is 11.1. The highest BCUT2D eigenvalue weighted by molar-refractivity contribution is 5.93. The zero-order chi connectivity index (χ0) is 10.7. The van der Waals surface area contributed by atoms with Crippen LogP contribution in [0.5, 0.6) is 0 Å². The smallest absolute Gasteiger partial charge is 0.272 e. The summed E-state index contributed by atoms with van der Waals surface area (Å²) in [5.74, 6) is 9.59. The molecule has 8 nitrogen and oxygen atoms in total. The van der Waals surface area contributed by atoms with E-state index in [1.165, 1.54) is 0 Å². The Morgan fingerprint density at radius 2 is 2.07 bits per heavy atom. The van der Waals surface area contributed by atoms with Crippen molar-refractivity contribution in [3.8, 4) is 0 Å². The maximum atomic E-state index is 11.1.